The molecule has 114 valence electrons. The van der Waals surface area contributed by atoms with Crippen LogP contribution in [0, 0.1) is 5.92 Å². The number of hydrogen-bond acceptors (Lipinski definition) is 4. The van der Waals surface area contributed by atoms with Gasteiger partial charge in [-0.1, -0.05) is 12.1 Å². The first-order chi connectivity index (χ1) is 10.2. The zero-order chi connectivity index (χ0) is 14.7. The van der Waals surface area contributed by atoms with Gasteiger partial charge >= 0.3 is 0 Å². The van der Waals surface area contributed by atoms with E-state index in [9.17, 15) is 4.79 Å². The first-order valence-corrected chi connectivity index (χ1v) is 7.57. The van der Waals surface area contributed by atoms with Crippen LogP contribution in [0.4, 0.5) is 0 Å². The minimum Gasteiger partial charge on any atom is -0.485 e. The van der Waals surface area contributed by atoms with Crippen molar-refractivity contribution in [1.82, 2.24) is 10.2 Å². The molecule has 5 heteroatoms. The summed E-state index contributed by atoms with van der Waals surface area (Å²) in [5.74, 6) is 1.84. The molecule has 3 rings (SSSR count). The molecule has 1 N–H and O–H groups in total. The summed E-state index contributed by atoms with van der Waals surface area (Å²) in [5.41, 5.74) is 0. The second-order valence-electron chi connectivity index (χ2n) is 5.86. The highest BCUT2D eigenvalue weighted by atomic mass is 16.6. The zero-order valence-corrected chi connectivity index (χ0v) is 12.4. The van der Waals surface area contributed by atoms with Crippen molar-refractivity contribution in [3.05, 3.63) is 24.3 Å². The van der Waals surface area contributed by atoms with Crippen molar-refractivity contribution >= 4 is 5.91 Å². The van der Waals surface area contributed by atoms with E-state index in [4.69, 9.17) is 9.47 Å². The van der Waals surface area contributed by atoms with Crippen molar-refractivity contribution in [2.75, 3.05) is 33.3 Å². The molecular weight excluding hydrogens is 268 g/mol. The normalized spacial score (nSPS) is 22.8. The standard InChI is InChI=1S/C16H22N2O3/c1-18-8-6-12(7-9-18)10-17-16(19)15-11-20-13-4-2-3-5-14(13)21-15/h2-5,12,15H,6-11H2,1H3,(H,17,19). The summed E-state index contributed by atoms with van der Waals surface area (Å²) in [4.78, 5) is 14.5. The third-order valence-corrected chi connectivity index (χ3v) is 4.20. The van der Waals surface area contributed by atoms with E-state index in [1.54, 1.807) is 0 Å². The van der Waals surface area contributed by atoms with E-state index >= 15 is 0 Å². The lowest BCUT2D eigenvalue weighted by molar-refractivity contribution is -0.130. The van der Waals surface area contributed by atoms with Crippen LogP contribution in [0.5, 0.6) is 11.5 Å². The predicted octanol–water partition coefficient (Wildman–Crippen LogP) is 1.28. The van der Waals surface area contributed by atoms with Gasteiger partial charge in [0, 0.05) is 6.54 Å². The molecule has 1 amide bonds. The van der Waals surface area contributed by atoms with Crippen LogP contribution in [0.2, 0.25) is 0 Å². The Bertz CT molecular complexity index is 498. The Morgan fingerprint density at radius 2 is 2.00 bits per heavy atom. The number of amides is 1. The Labute approximate surface area is 125 Å². The number of nitrogens with one attached hydrogen (secondary N) is 1. The van der Waals surface area contributed by atoms with E-state index in [0.717, 1.165) is 32.5 Å². The number of nitrogens with zero attached hydrogens (tertiary/aromatic N) is 1. The predicted molar refractivity (Wildman–Crippen MR) is 79.6 cm³/mol. The minimum absolute atomic E-state index is 0.0802. The number of para-hydroxylation sites is 2. The maximum absolute atomic E-state index is 12.2. The Kier molecular flexibility index (Phi) is 4.29. The number of carbonyl (C=O) groups excluding carboxylic acids is 1. The van der Waals surface area contributed by atoms with Gasteiger partial charge in [0.25, 0.3) is 5.91 Å². The van der Waals surface area contributed by atoms with Crippen LogP contribution in [-0.4, -0.2) is 50.2 Å². The van der Waals surface area contributed by atoms with Gasteiger partial charge in [-0.3, -0.25) is 4.79 Å². The van der Waals surface area contributed by atoms with E-state index in [-0.39, 0.29) is 12.5 Å². The molecule has 0 saturated carbocycles. The van der Waals surface area contributed by atoms with Crippen LogP contribution in [0.1, 0.15) is 12.8 Å². The molecule has 0 aliphatic carbocycles. The van der Waals surface area contributed by atoms with Crippen LogP contribution in [-0.2, 0) is 4.79 Å². The van der Waals surface area contributed by atoms with Gasteiger partial charge in [0.15, 0.2) is 11.5 Å². The fraction of sp³-hybridized carbons (Fsp3) is 0.562. The van der Waals surface area contributed by atoms with Gasteiger partial charge in [-0.2, -0.15) is 0 Å². The summed E-state index contributed by atoms with van der Waals surface area (Å²) < 4.78 is 11.3. The summed E-state index contributed by atoms with van der Waals surface area (Å²) in [6.07, 6.45) is 1.73. The van der Waals surface area contributed by atoms with E-state index in [2.05, 4.69) is 17.3 Å². The Hall–Kier alpha value is -1.75. The molecule has 1 aromatic rings. The van der Waals surface area contributed by atoms with E-state index in [1.165, 1.54) is 0 Å². The third-order valence-electron chi connectivity index (χ3n) is 4.20. The lowest BCUT2D eigenvalue weighted by Crippen LogP contribution is -2.46. The molecule has 2 aliphatic heterocycles. The molecule has 1 atom stereocenters. The average Bonchev–Trinajstić information content (AvgIpc) is 2.53. The van der Waals surface area contributed by atoms with Crippen LogP contribution in [0.3, 0.4) is 0 Å². The van der Waals surface area contributed by atoms with Crippen LogP contribution < -0.4 is 14.8 Å². The molecule has 1 unspecified atom stereocenters. The smallest absolute Gasteiger partial charge is 0.264 e. The van der Waals surface area contributed by atoms with Crippen molar-refractivity contribution in [1.29, 1.82) is 0 Å². The largest absolute Gasteiger partial charge is 0.485 e. The highest BCUT2D eigenvalue weighted by molar-refractivity contribution is 5.81. The lowest BCUT2D eigenvalue weighted by atomic mass is 9.97. The van der Waals surface area contributed by atoms with Gasteiger partial charge in [0.1, 0.15) is 6.61 Å². The van der Waals surface area contributed by atoms with Gasteiger partial charge in [-0.25, -0.2) is 0 Å². The number of fused-ring (bicyclic) bond motifs is 1. The first-order valence-electron chi connectivity index (χ1n) is 7.57. The van der Waals surface area contributed by atoms with Gasteiger partial charge < -0.3 is 19.7 Å². The maximum atomic E-state index is 12.2. The number of ether oxygens (including phenoxy) is 2. The van der Waals surface area contributed by atoms with Crippen molar-refractivity contribution < 1.29 is 14.3 Å². The molecule has 1 fully saturated rings. The highest BCUT2D eigenvalue weighted by Crippen LogP contribution is 2.30. The first kappa shape index (κ1) is 14.2. The van der Waals surface area contributed by atoms with Crippen LogP contribution >= 0.6 is 0 Å². The molecule has 5 nitrogen and oxygen atoms in total. The fourth-order valence-electron chi connectivity index (χ4n) is 2.77. The lowest BCUT2D eigenvalue weighted by Gasteiger charge is -2.30. The van der Waals surface area contributed by atoms with Crippen LogP contribution in [0.25, 0.3) is 0 Å². The van der Waals surface area contributed by atoms with Gasteiger partial charge in [-0.05, 0) is 51.0 Å². The SMILES string of the molecule is CN1CCC(CNC(=O)C2COc3ccccc3O2)CC1. The molecule has 2 aliphatic rings. The van der Waals surface area contributed by atoms with Crippen LogP contribution in [0.15, 0.2) is 24.3 Å². The molecule has 1 aromatic carbocycles. The number of piperidine rings is 1. The van der Waals surface area contributed by atoms with Gasteiger partial charge in [0.05, 0.1) is 0 Å². The Balaban J connectivity index is 1.48. The molecule has 0 radical (unpaired) electrons. The molecular formula is C16H22N2O3. The third kappa shape index (κ3) is 3.47. The Morgan fingerprint density at radius 3 is 2.76 bits per heavy atom. The van der Waals surface area contributed by atoms with Crippen molar-refractivity contribution in [3.63, 3.8) is 0 Å². The van der Waals surface area contributed by atoms with E-state index in [0.29, 0.717) is 17.4 Å². The second kappa shape index (κ2) is 6.35. The summed E-state index contributed by atoms with van der Waals surface area (Å²) in [7, 11) is 2.14. The Morgan fingerprint density at radius 1 is 1.29 bits per heavy atom. The monoisotopic (exact) mass is 290 g/mol. The average molecular weight is 290 g/mol. The second-order valence-corrected chi connectivity index (χ2v) is 5.86. The summed E-state index contributed by atoms with van der Waals surface area (Å²) in [5, 5.41) is 3.01. The van der Waals surface area contributed by atoms with E-state index in [1.807, 2.05) is 24.3 Å². The quantitative estimate of drug-likeness (QED) is 0.911. The number of carbonyl (C=O) groups is 1. The summed E-state index contributed by atoms with van der Waals surface area (Å²) in [6.45, 7) is 3.22. The molecule has 0 spiro atoms. The van der Waals surface area contributed by atoms with Crippen molar-refractivity contribution in [2.24, 2.45) is 5.92 Å². The molecule has 21 heavy (non-hydrogen) atoms. The minimum atomic E-state index is -0.550. The van der Waals surface area contributed by atoms with Gasteiger partial charge in [0.2, 0.25) is 6.10 Å². The zero-order valence-electron chi connectivity index (χ0n) is 12.4. The summed E-state index contributed by atoms with van der Waals surface area (Å²) in [6, 6.07) is 7.44. The van der Waals surface area contributed by atoms with E-state index < -0.39 is 6.10 Å². The van der Waals surface area contributed by atoms with Gasteiger partial charge in [-0.15, -0.1) is 0 Å². The fourth-order valence-corrected chi connectivity index (χ4v) is 2.77. The molecule has 0 aromatic heterocycles. The molecule has 2 heterocycles. The molecule has 0 bridgehead atoms. The highest BCUT2D eigenvalue weighted by Gasteiger charge is 2.27. The number of hydrogen-bond donors (Lipinski definition) is 1. The number of benzene rings is 1. The van der Waals surface area contributed by atoms with Crippen molar-refractivity contribution in [3.8, 4) is 11.5 Å². The number of rotatable bonds is 3. The number of likely N-dealkylation sites (tertiary alicyclic amines) is 1. The maximum Gasteiger partial charge on any atom is 0.264 e. The van der Waals surface area contributed by atoms with Crippen molar-refractivity contribution in [2.45, 2.75) is 18.9 Å². The topological polar surface area (TPSA) is 50.8 Å². The molecule has 1 saturated heterocycles. The summed E-state index contributed by atoms with van der Waals surface area (Å²) >= 11 is 0.